The molecule has 2 aliphatic rings. The van der Waals surface area contributed by atoms with E-state index < -0.39 is 6.97 Å². The molecule has 0 amide bonds. The number of allylic oxidation sites excluding steroid dienone is 3. The summed E-state index contributed by atoms with van der Waals surface area (Å²) in [5, 5.41) is 1.90. The molecule has 32 heavy (non-hydrogen) atoms. The van der Waals surface area contributed by atoms with Gasteiger partial charge in [-0.25, -0.2) is 0 Å². The average Bonchev–Trinajstić information content (AvgIpc) is 3.51. The molecule has 162 valence electrons. The summed E-state index contributed by atoms with van der Waals surface area (Å²) in [5.41, 5.74) is 2.97. The largest absolute Gasteiger partial charge is 0.737 e. The molecule has 0 N–H and O–H groups in total. The lowest BCUT2D eigenvalue weighted by Crippen LogP contribution is -2.50. The van der Waals surface area contributed by atoms with Crippen molar-refractivity contribution in [2.75, 3.05) is 6.61 Å². The summed E-state index contributed by atoms with van der Waals surface area (Å²) in [4.78, 5) is 0.832. The summed E-state index contributed by atoms with van der Waals surface area (Å²) in [5.74, 6) is 1.26. The summed E-state index contributed by atoms with van der Waals surface area (Å²) in [6.07, 6.45) is 8.91. The zero-order valence-electron chi connectivity index (χ0n) is 17.9. The van der Waals surface area contributed by atoms with Crippen LogP contribution in [-0.2, 0) is 0 Å². The quantitative estimate of drug-likeness (QED) is 0.390. The van der Waals surface area contributed by atoms with Crippen molar-refractivity contribution in [3.05, 3.63) is 89.1 Å². The van der Waals surface area contributed by atoms with E-state index in [1.54, 1.807) is 30.4 Å². The Hall–Kier alpha value is -3.19. The molecule has 7 heteroatoms. The lowest BCUT2D eigenvalue weighted by molar-refractivity contribution is -0.359. The van der Waals surface area contributed by atoms with Gasteiger partial charge < -0.3 is 22.3 Å². The third-order valence-corrected chi connectivity index (χ3v) is 6.42. The first-order valence-electron chi connectivity index (χ1n) is 10.7. The van der Waals surface area contributed by atoms with Gasteiger partial charge in [-0.2, -0.15) is 0 Å². The van der Waals surface area contributed by atoms with Gasteiger partial charge in [-0.05, 0) is 53.3 Å². The first kappa shape index (κ1) is 20.7. The number of halogens is 2. The van der Waals surface area contributed by atoms with Crippen molar-refractivity contribution in [3.63, 3.8) is 0 Å². The van der Waals surface area contributed by atoms with Crippen LogP contribution in [0.1, 0.15) is 25.1 Å². The van der Waals surface area contributed by atoms with E-state index in [1.807, 2.05) is 53.9 Å². The molecule has 0 unspecified atom stereocenters. The highest BCUT2D eigenvalue weighted by atomic mass is 32.1. The number of hydrogen-bond acceptors (Lipinski definition) is 2. The van der Waals surface area contributed by atoms with Gasteiger partial charge in [-0.3, -0.25) is 0 Å². The van der Waals surface area contributed by atoms with Gasteiger partial charge in [-0.15, -0.1) is 11.3 Å². The van der Waals surface area contributed by atoms with Crippen LogP contribution in [0, 0.1) is 5.92 Å². The predicted octanol–water partition coefficient (Wildman–Crippen LogP) is 6.57. The molecule has 5 rings (SSSR count). The number of ether oxygens (including phenoxy) is 1. The number of hydrogen-bond donors (Lipinski definition) is 0. The van der Waals surface area contributed by atoms with E-state index in [0.717, 1.165) is 20.7 Å². The van der Waals surface area contributed by atoms with Gasteiger partial charge >= 0.3 is 6.97 Å². The smallest absolute Gasteiger partial charge is 0.493 e. The van der Waals surface area contributed by atoms with Crippen molar-refractivity contribution >= 4 is 36.2 Å². The molecule has 0 saturated carbocycles. The summed E-state index contributed by atoms with van der Waals surface area (Å²) >= 11 is 1.46. The molecule has 0 bridgehead atoms. The monoisotopic (exact) mass is 448 g/mol. The molecule has 2 aliphatic heterocycles. The van der Waals surface area contributed by atoms with Crippen molar-refractivity contribution in [1.82, 2.24) is 4.48 Å². The van der Waals surface area contributed by atoms with Crippen molar-refractivity contribution in [3.8, 4) is 16.3 Å². The van der Waals surface area contributed by atoms with Crippen LogP contribution in [0.4, 0.5) is 8.63 Å². The molecule has 4 heterocycles. The second-order valence-corrected chi connectivity index (χ2v) is 9.33. The van der Waals surface area contributed by atoms with Gasteiger partial charge in [0.15, 0.2) is 11.4 Å². The molecule has 0 fully saturated rings. The van der Waals surface area contributed by atoms with Crippen LogP contribution >= 0.6 is 11.3 Å². The Kier molecular flexibility index (Phi) is 5.21. The minimum Gasteiger partial charge on any atom is -0.493 e. The van der Waals surface area contributed by atoms with Gasteiger partial charge in [-0.1, -0.05) is 32.0 Å². The van der Waals surface area contributed by atoms with Gasteiger partial charge in [0.25, 0.3) is 0 Å². The first-order chi connectivity index (χ1) is 15.4. The topological polar surface area (TPSA) is 17.2 Å². The first-order valence-corrected chi connectivity index (χ1v) is 11.6. The van der Waals surface area contributed by atoms with Crippen LogP contribution in [0.5, 0.6) is 5.75 Å². The van der Waals surface area contributed by atoms with Gasteiger partial charge in [0, 0.05) is 40.6 Å². The zero-order chi connectivity index (χ0) is 22.3. The normalized spacial score (nSPS) is 16.6. The van der Waals surface area contributed by atoms with Crippen molar-refractivity contribution in [2.24, 2.45) is 5.92 Å². The van der Waals surface area contributed by atoms with E-state index in [4.69, 9.17) is 4.74 Å². The molecule has 0 spiro atoms. The number of thiophene rings is 1. The molecular weight excluding hydrogens is 425 g/mol. The Bertz CT molecular complexity index is 1270. The van der Waals surface area contributed by atoms with Crippen LogP contribution in [0.25, 0.3) is 22.7 Å². The molecule has 3 nitrogen and oxygen atoms in total. The van der Waals surface area contributed by atoms with E-state index in [-0.39, 0.29) is 0 Å². The predicted molar refractivity (Wildman–Crippen MR) is 129 cm³/mol. The Balaban J connectivity index is 1.46. The van der Waals surface area contributed by atoms with E-state index in [2.05, 4.69) is 13.8 Å². The molecule has 0 atom stereocenters. The Morgan fingerprint density at radius 3 is 2.59 bits per heavy atom. The lowest BCUT2D eigenvalue weighted by Gasteiger charge is -2.30. The second kappa shape index (κ2) is 8.06. The maximum absolute atomic E-state index is 15.8. The molecule has 1 aromatic carbocycles. The Morgan fingerprint density at radius 2 is 1.88 bits per heavy atom. The summed E-state index contributed by atoms with van der Waals surface area (Å²) in [6, 6.07) is 15.0. The minimum atomic E-state index is -4.02. The molecular formula is C25H23BF2N2OS. The number of aromatic nitrogens is 1. The van der Waals surface area contributed by atoms with Crippen LogP contribution in [0.15, 0.2) is 77.8 Å². The van der Waals surface area contributed by atoms with Crippen LogP contribution < -0.4 is 4.74 Å². The van der Waals surface area contributed by atoms with Gasteiger partial charge in [0.05, 0.1) is 6.61 Å². The summed E-state index contributed by atoms with van der Waals surface area (Å²) in [7, 11) is 0. The van der Waals surface area contributed by atoms with Crippen LogP contribution in [-0.4, -0.2) is 28.3 Å². The van der Waals surface area contributed by atoms with Gasteiger partial charge in [0.2, 0.25) is 0 Å². The highest BCUT2D eigenvalue weighted by molar-refractivity contribution is 7.13. The fraction of sp³-hybridized carbons (Fsp3) is 0.160. The molecule has 0 aliphatic carbocycles. The maximum atomic E-state index is 15.8. The van der Waals surface area contributed by atoms with E-state index in [1.165, 1.54) is 15.8 Å². The zero-order valence-corrected chi connectivity index (χ0v) is 18.7. The standard InChI is InChI=1S/C25H23BF2N2OS/c1-18(2)17-31-23-12-6-19(7-13-23)5-8-20-9-10-21-16-22-11-14-24(25-4-3-15-32-25)30(22)26(27,28)29(20)21/h3-16,18H,17H2,1-2H3/b8-5+. The third kappa shape index (κ3) is 3.67. The highest BCUT2D eigenvalue weighted by Gasteiger charge is 2.52. The number of fused-ring (bicyclic) bond motifs is 2. The molecule has 3 aromatic rings. The SMILES string of the molecule is CC(C)COc1ccc(/C=C/C2=[N+]3C(=Cc4ccc(-c5cccs5)n4[B-]3(F)F)C=C2)cc1. The number of nitrogens with zero attached hydrogens (tertiary/aromatic N) is 2. The molecule has 0 saturated heterocycles. The molecule has 2 aromatic heterocycles. The average molecular weight is 448 g/mol. The number of benzene rings is 1. The third-order valence-electron chi connectivity index (χ3n) is 5.53. The lowest BCUT2D eigenvalue weighted by atomic mass is 9.90. The van der Waals surface area contributed by atoms with Crippen molar-refractivity contribution in [2.45, 2.75) is 13.8 Å². The Labute approximate surface area is 190 Å². The van der Waals surface area contributed by atoms with E-state index in [0.29, 0.717) is 35.3 Å². The fourth-order valence-corrected chi connectivity index (χ4v) is 4.78. The summed E-state index contributed by atoms with van der Waals surface area (Å²) in [6.45, 7) is 0.839. The summed E-state index contributed by atoms with van der Waals surface area (Å²) < 4.78 is 39.7. The van der Waals surface area contributed by atoms with Gasteiger partial charge in [0.1, 0.15) is 5.75 Å². The maximum Gasteiger partial charge on any atom is 0.737 e. The van der Waals surface area contributed by atoms with Crippen molar-refractivity contribution in [1.29, 1.82) is 0 Å². The number of rotatable bonds is 6. The van der Waals surface area contributed by atoms with E-state index in [9.17, 15) is 0 Å². The fourth-order valence-electron chi connectivity index (χ4n) is 4.03. The minimum absolute atomic E-state index is 0.455. The second-order valence-electron chi connectivity index (χ2n) is 8.38. The van der Waals surface area contributed by atoms with Crippen LogP contribution in [0.3, 0.4) is 0 Å². The Morgan fingerprint density at radius 1 is 1.06 bits per heavy atom. The highest BCUT2D eigenvalue weighted by Crippen LogP contribution is 2.37. The van der Waals surface area contributed by atoms with E-state index >= 15 is 8.63 Å². The molecule has 0 radical (unpaired) electrons. The van der Waals surface area contributed by atoms with Crippen molar-refractivity contribution < 1.29 is 17.9 Å². The van der Waals surface area contributed by atoms with Crippen LogP contribution in [0.2, 0.25) is 0 Å².